The van der Waals surface area contributed by atoms with Gasteiger partial charge in [-0.3, -0.25) is 0 Å². The summed E-state index contributed by atoms with van der Waals surface area (Å²) < 4.78 is 1.27. The van der Waals surface area contributed by atoms with E-state index in [-0.39, 0.29) is 0 Å². The lowest BCUT2D eigenvalue weighted by molar-refractivity contribution is 1.27. The second-order valence-electron chi connectivity index (χ2n) is 2.02. The number of nitrogens with zero attached hydrogens (tertiary/aromatic N) is 1. The lowest BCUT2D eigenvalue weighted by Crippen LogP contribution is -1.71. The molecule has 0 amide bonds. The first-order valence-electron chi connectivity index (χ1n) is 2.94. The molecule has 0 spiro atoms. The average Bonchev–Trinajstić information content (AvgIpc) is 2.13. The first-order chi connectivity index (χ1) is 4.68. The Morgan fingerprint density at radius 1 is 1.80 bits per heavy atom. The lowest BCUT2D eigenvalue weighted by atomic mass is 10.4. The minimum Gasteiger partial charge on any atom is -0.242 e. The van der Waals surface area contributed by atoms with Gasteiger partial charge in [0.1, 0.15) is 0 Å². The van der Waals surface area contributed by atoms with Crippen LogP contribution in [0.15, 0.2) is 8.96 Å². The molecular formula is C7H8INS. The molecule has 0 atom stereocenters. The van der Waals surface area contributed by atoms with Crippen LogP contribution in [0.4, 0.5) is 0 Å². The summed E-state index contributed by atoms with van der Waals surface area (Å²) in [5.41, 5.74) is 1.08. The van der Waals surface area contributed by atoms with Gasteiger partial charge in [-0.1, -0.05) is 0 Å². The van der Waals surface area contributed by atoms with Crippen LogP contribution in [-0.2, 0) is 0 Å². The van der Waals surface area contributed by atoms with Crippen LogP contribution in [-0.4, -0.2) is 4.98 Å². The highest BCUT2D eigenvalue weighted by Gasteiger charge is 1.92. The van der Waals surface area contributed by atoms with Gasteiger partial charge in [0, 0.05) is 5.38 Å². The van der Waals surface area contributed by atoms with E-state index in [0.29, 0.717) is 0 Å². The normalized spacial score (nSPS) is 12.1. The third kappa shape index (κ3) is 2.38. The van der Waals surface area contributed by atoms with Gasteiger partial charge in [-0.2, -0.15) is 0 Å². The van der Waals surface area contributed by atoms with E-state index in [9.17, 15) is 0 Å². The van der Waals surface area contributed by atoms with E-state index in [2.05, 4.69) is 46.0 Å². The van der Waals surface area contributed by atoms with Crippen LogP contribution >= 0.6 is 33.9 Å². The number of aromatic nitrogens is 1. The van der Waals surface area contributed by atoms with Gasteiger partial charge in [-0.15, -0.1) is 11.3 Å². The zero-order chi connectivity index (χ0) is 7.56. The molecule has 1 aromatic rings. The predicted molar refractivity (Wildman–Crippen MR) is 54.5 cm³/mol. The molecule has 1 heterocycles. The van der Waals surface area contributed by atoms with Gasteiger partial charge in [0.25, 0.3) is 0 Å². The van der Waals surface area contributed by atoms with Crippen molar-refractivity contribution in [3.63, 3.8) is 0 Å². The molecule has 1 nitrogen and oxygen atoms in total. The topological polar surface area (TPSA) is 12.9 Å². The Kier molecular flexibility index (Phi) is 2.85. The van der Waals surface area contributed by atoms with Crippen molar-refractivity contribution < 1.29 is 0 Å². The molecule has 1 rings (SSSR count). The van der Waals surface area contributed by atoms with Crippen LogP contribution in [0.3, 0.4) is 0 Å². The van der Waals surface area contributed by atoms with E-state index < -0.39 is 0 Å². The van der Waals surface area contributed by atoms with Crippen molar-refractivity contribution in [2.75, 3.05) is 0 Å². The molecule has 0 aliphatic carbocycles. The van der Waals surface area contributed by atoms with E-state index in [0.717, 1.165) is 10.7 Å². The summed E-state index contributed by atoms with van der Waals surface area (Å²) in [4.78, 5) is 4.29. The minimum atomic E-state index is 1.08. The molecule has 0 aliphatic rings. The Balaban J connectivity index is 2.86. The van der Waals surface area contributed by atoms with Gasteiger partial charge in [-0.05, 0) is 46.1 Å². The molecule has 1 aromatic heterocycles. The Hall–Kier alpha value is 0.1000. The van der Waals surface area contributed by atoms with Gasteiger partial charge in [0.15, 0.2) is 0 Å². The maximum atomic E-state index is 4.29. The standard InChI is InChI=1S/C7H8INS/c1-5(8)3-7-4-10-6(2)9-7/h3-4H,1-2H3/b5-3-. The highest BCUT2D eigenvalue weighted by molar-refractivity contribution is 14.1. The summed E-state index contributed by atoms with van der Waals surface area (Å²) in [5.74, 6) is 0. The third-order valence-electron chi connectivity index (χ3n) is 0.984. The fourth-order valence-electron chi connectivity index (χ4n) is 0.650. The van der Waals surface area contributed by atoms with Crippen molar-refractivity contribution in [2.24, 2.45) is 0 Å². The van der Waals surface area contributed by atoms with Crippen molar-refractivity contribution >= 4 is 40.0 Å². The van der Waals surface area contributed by atoms with Crippen LogP contribution in [0.1, 0.15) is 17.6 Å². The zero-order valence-electron chi connectivity index (χ0n) is 5.89. The van der Waals surface area contributed by atoms with Gasteiger partial charge < -0.3 is 0 Å². The van der Waals surface area contributed by atoms with E-state index >= 15 is 0 Å². The highest BCUT2D eigenvalue weighted by atomic mass is 127. The molecule has 54 valence electrons. The van der Waals surface area contributed by atoms with Crippen LogP contribution < -0.4 is 0 Å². The summed E-state index contributed by atoms with van der Waals surface area (Å²) in [6.45, 7) is 4.08. The van der Waals surface area contributed by atoms with Crippen molar-refractivity contribution in [2.45, 2.75) is 13.8 Å². The van der Waals surface area contributed by atoms with Crippen LogP contribution in [0, 0.1) is 6.92 Å². The number of hydrogen-bond donors (Lipinski definition) is 0. The highest BCUT2D eigenvalue weighted by Crippen LogP contribution is 2.14. The van der Waals surface area contributed by atoms with E-state index in [4.69, 9.17) is 0 Å². The fraction of sp³-hybridized carbons (Fsp3) is 0.286. The number of hydrogen-bond acceptors (Lipinski definition) is 2. The van der Waals surface area contributed by atoms with Crippen LogP contribution in [0.25, 0.3) is 6.08 Å². The maximum absolute atomic E-state index is 4.29. The van der Waals surface area contributed by atoms with Gasteiger partial charge >= 0.3 is 0 Å². The molecule has 0 radical (unpaired) electrons. The van der Waals surface area contributed by atoms with Gasteiger partial charge in [0.2, 0.25) is 0 Å². The quantitative estimate of drug-likeness (QED) is 0.710. The largest absolute Gasteiger partial charge is 0.242 e. The Morgan fingerprint density at radius 2 is 2.50 bits per heavy atom. The minimum absolute atomic E-state index is 1.08. The van der Waals surface area contributed by atoms with Crippen LogP contribution in [0.5, 0.6) is 0 Å². The Labute approximate surface area is 78.3 Å². The lowest BCUT2D eigenvalue weighted by Gasteiger charge is -1.82. The summed E-state index contributed by atoms with van der Waals surface area (Å²) in [6.07, 6.45) is 2.07. The van der Waals surface area contributed by atoms with Crippen LogP contribution in [0.2, 0.25) is 0 Å². The molecule has 0 N–H and O–H groups in total. The fourth-order valence-corrected chi connectivity index (χ4v) is 1.54. The number of thiazole rings is 1. The second-order valence-corrected chi connectivity index (χ2v) is 4.79. The summed E-state index contributed by atoms with van der Waals surface area (Å²) >= 11 is 3.97. The van der Waals surface area contributed by atoms with Gasteiger partial charge in [-0.25, -0.2) is 4.98 Å². The van der Waals surface area contributed by atoms with E-state index in [1.54, 1.807) is 11.3 Å². The SMILES string of the molecule is C/C(I)=C/c1csc(C)n1. The van der Waals surface area contributed by atoms with Crippen molar-refractivity contribution in [3.05, 3.63) is 19.7 Å². The first kappa shape index (κ1) is 8.20. The van der Waals surface area contributed by atoms with Crippen molar-refractivity contribution in [1.82, 2.24) is 4.98 Å². The maximum Gasteiger partial charge on any atom is 0.0901 e. The molecule has 10 heavy (non-hydrogen) atoms. The summed E-state index contributed by atoms with van der Waals surface area (Å²) in [5, 5.41) is 3.20. The number of rotatable bonds is 1. The molecule has 0 fully saturated rings. The number of halogens is 1. The number of allylic oxidation sites excluding steroid dienone is 1. The molecule has 0 aromatic carbocycles. The summed E-state index contributed by atoms with van der Waals surface area (Å²) in [7, 11) is 0. The molecule has 0 unspecified atom stereocenters. The second kappa shape index (κ2) is 3.48. The molecule has 0 saturated carbocycles. The smallest absolute Gasteiger partial charge is 0.0901 e. The van der Waals surface area contributed by atoms with Crippen molar-refractivity contribution in [1.29, 1.82) is 0 Å². The number of aryl methyl sites for hydroxylation is 1. The molecule has 0 bridgehead atoms. The molecule has 0 aliphatic heterocycles. The average molecular weight is 265 g/mol. The summed E-state index contributed by atoms with van der Waals surface area (Å²) in [6, 6.07) is 0. The molecule has 3 heteroatoms. The molecule has 0 saturated heterocycles. The van der Waals surface area contributed by atoms with E-state index in [1.807, 2.05) is 6.92 Å². The zero-order valence-corrected chi connectivity index (χ0v) is 8.86. The third-order valence-corrected chi connectivity index (χ3v) is 2.09. The predicted octanol–water partition coefficient (Wildman–Crippen LogP) is 3.25. The Bertz CT molecular complexity index is 248. The van der Waals surface area contributed by atoms with Crippen molar-refractivity contribution in [3.8, 4) is 0 Å². The van der Waals surface area contributed by atoms with E-state index in [1.165, 1.54) is 3.58 Å². The van der Waals surface area contributed by atoms with Gasteiger partial charge in [0.05, 0.1) is 10.7 Å². The molecular weight excluding hydrogens is 257 g/mol. The monoisotopic (exact) mass is 265 g/mol. The Morgan fingerprint density at radius 3 is 2.90 bits per heavy atom. The first-order valence-corrected chi connectivity index (χ1v) is 4.90.